The summed E-state index contributed by atoms with van der Waals surface area (Å²) >= 11 is 0. The summed E-state index contributed by atoms with van der Waals surface area (Å²) in [6.45, 7) is 0. The van der Waals surface area contributed by atoms with E-state index in [0.29, 0.717) is 18.9 Å². The number of amides is 1. The molecule has 5 heteroatoms. The third kappa shape index (κ3) is 3.67. The van der Waals surface area contributed by atoms with E-state index in [-0.39, 0.29) is 17.6 Å². The van der Waals surface area contributed by atoms with Crippen LogP contribution in [0.3, 0.4) is 0 Å². The molecule has 0 radical (unpaired) electrons. The lowest BCUT2D eigenvalue weighted by molar-refractivity contribution is -0.125. The molecule has 1 aliphatic carbocycles. The highest BCUT2D eigenvalue weighted by Crippen LogP contribution is 2.37. The van der Waals surface area contributed by atoms with Crippen molar-refractivity contribution in [2.75, 3.05) is 7.11 Å². The van der Waals surface area contributed by atoms with Gasteiger partial charge in [-0.3, -0.25) is 9.59 Å². The van der Waals surface area contributed by atoms with E-state index in [2.05, 4.69) is 4.57 Å². The van der Waals surface area contributed by atoms with Crippen LogP contribution in [0.1, 0.15) is 30.0 Å². The van der Waals surface area contributed by atoms with Crippen LogP contribution in [0.25, 0.3) is 0 Å². The van der Waals surface area contributed by atoms with E-state index in [0.717, 1.165) is 29.7 Å². The minimum Gasteiger partial charge on any atom is -0.497 e. The number of hydrogen-bond donors (Lipinski definition) is 1. The average molecular weight is 326 g/mol. The van der Waals surface area contributed by atoms with Gasteiger partial charge in [-0.05, 0) is 42.2 Å². The summed E-state index contributed by atoms with van der Waals surface area (Å²) in [6, 6.07) is 9.87. The summed E-state index contributed by atoms with van der Waals surface area (Å²) in [6.07, 6.45) is 6.42. The standard InChI is InChI=1S/C19H22N2O3/c1-24-18-4-2-13(3-5-18)8-17(22)9-14-6-7-21(12-14)16-10-15(11-16)19(20)23/h2-7,12,15-16H,8-11H2,1H3,(H2,20,23). The van der Waals surface area contributed by atoms with Gasteiger partial charge in [-0.2, -0.15) is 0 Å². The lowest BCUT2D eigenvalue weighted by atomic mass is 9.80. The number of ketones is 1. The molecule has 0 bridgehead atoms. The quantitative estimate of drug-likeness (QED) is 0.848. The molecule has 1 amide bonds. The fourth-order valence-electron chi connectivity index (χ4n) is 3.12. The molecule has 0 spiro atoms. The van der Waals surface area contributed by atoms with Crippen LogP contribution in [0.4, 0.5) is 0 Å². The van der Waals surface area contributed by atoms with E-state index < -0.39 is 0 Å². The van der Waals surface area contributed by atoms with Gasteiger partial charge in [0, 0.05) is 37.2 Å². The number of rotatable bonds is 7. The number of nitrogens with zero attached hydrogens (tertiary/aromatic N) is 1. The molecule has 0 aliphatic heterocycles. The maximum Gasteiger partial charge on any atom is 0.220 e. The SMILES string of the molecule is COc1ccc(CC(=O)Cc2ccn(C3CC(C(N)=O)C3)c2)cc1. The lowest BCUT2D eigenvalue weighted by Crippen LogP contribution is -2.35. The van der Waals surface area contributed by atoms with E-state index >= 15 is 0 Å². The molecule has 1 aromatic heterocycles. The molecule has 1 aromatic carbocycles. The van der Waals surface area contributed by atoms with Gasteiger partial charge in [-0.15, -0.1) is 0 Å². The minimum absolute atomic E-state index is 0.00226. The van der Waals surface area contributed by atoms with E-state index in [1.807, 2.05) is 42.7 Å². The number of ether oxygens (including phenoxy) is 1. The van der Waals surface area contributed by atoms with Crippen molar-refractivity contribution in [3.05, 3.63) is 53.9 Å². The number of carbonyl (C=O) groups is 2. The van der Waals surface area contributed by atoms with Gasteiger partial charge in [0.2, 0.25) is 5.91 Å². The molecule has 126 valence electrons. The fraction of sp³-hybridized carbons (Fsp3) is 0.368. The van der Waals surface area contributed by atoms with Crippen LogP contribution in [0.15, 0.2) is 42.7 Å². The van der Waals surface area contributed by atoms with Crippen LogP contribution >= 0.6 is 0 Å². The normalized spacial score (nSPS) is 19.5. The number of benzene rings is 1. The maximum atomic E-state index is 12.2. The second-order valence-electron chi connectivity index (χ2n) is 6.43. The van der Waals surface area contributed by atoms with Gasteiger partial charge in [0.25, 0.3) is 0 Å². The Bertz CT molecular complexity index is 727. The number of aromatic nitrogens is 1. The lowest BCUT2D eigenvalue weighted by Gasteiger charge is -2.34. The van der Waals surface area contributed by atoms with Crippen molar-refractivity contribution in [1.29, 1.82) is 0 Å². The Morgan fingerprint density at radius 3 is 2.42 bits per heavy atom. The van der Waals surface area contributed by atoms with E-state index in [1.54, 1.807) is 7.11 Å². The average Bonchev–Trinajstić information content (AvgIpc) is 2.94. The molecule has 1 fully saturated rings. The molecule has 2 aromatic rings. The van der Waals surface area contributed by atoms with Gasteiger partial charge in [0.1, 0.15) is 11.5 Å². The van der Waals surface area contributed by atoms with Gasteiger partial charge >= 0.3 is 0 Å². The molecule has 24 heavy (non-hydrogen) atoms. The predicted molar refractivity (Wildman–Crippen MR) is 90.8 cm³/mol. The van der Waals surface area contributed by atoms with Crippen molar-refractivity contribution in [2.24, 2.45) is 11.7 Å². The number of methoxy groups -OCH3 is 1. The summed E-state index contributed by atoms with van der Waals surface area (Å²) in [5.41, 5.74) is 7.30. The molecule has 0 saturated heterocycles. The van der Waals surface area contributed by atoms with Gasteiger partial charge in [0.15, 0.2) is 0 Å². The Morgan fingerprint density at radius 1 is 1.12 bits per heavy atom. The Morgan fingerprint density at radius 2 is 1.79 bits per heavy atom. The zero-order chi connectivity index (χ0) is 17.1. The zero-order valence-corrected chi connectivity index (χ0v) is 13.8. The van der Waals surface area contributed by atoms with Gasteiger partial charge in [-0.1, -0.05) is 12.1 Å². The first kappa shape index (κ1) is 16.3. The van der Waals surface area contributed by atoms with E-state index in [1.165, 1.54) is 0 Å². The molecule has 1 heterocycles. The van der Waals surface area contributed by atoms with E-state index in [9.17, 15) is 9.59 Å². The van der Waals surface area contributed by atoms with Crippen LogP contribution in [0, 0.1) is 5.92 Å². The first-order valence-corrected chi connectivity index (χ1v) is 8.15. The van der Waals surface area contributed by atoms with Gasteiger partial charge in [-0.25, -0.2) is 0 Å². The Labute approximate surface area is 141 Å². The Balaban J connectivity index is 1.52. The first-order valence-electron chi connectivity index (χ1n) is 8.15. The van der Waals surface area contributed by atoms with Crippen molar-refractivity contribution >= 4 is 11.7 Å². The predicted octanol–water partition coefficient (Wildman–Crippen LogP) is 2.29. The number of primary amides is 1. The molecule has 1 saturated carbocycles. The number of nitrogens with two attached hydrogens (primary N) is 1. The second-order valence-corrected chi connectivity index (χ2v) is 6.43. The van der Waals surface area contributed by atoms with E-state index in [4.69, 9.17) is 10.5 Å². The first-order chi connectivity index (χ1) is 11.5. The van der Waals surface area contributed by atoms with Crippen molar-refractivity contribution in [2.45, 2.75) is 31.7 Å². The van der Waals surface area contributed by atoms with Gasteiger partial charge < -0.3 is 15.0 Å². The second kappa shape index (κ2) is 6.91. The smallest absolute Gasteiger partial charge is 0.220 e. The fourth-order valence-corrected chi connectivity index (χ4v) is 3.12. The molecule has 1 aliphatic rings. The highest BCUT2D eigenvalue weighted by molar-refractivity contribution is 5.83. The number of hydrogen-bond acceptors (Lipinski definition) is 3. The van der Waals surface area contributed by atoms with Crippen molar-refractivity contribution < 1.29 is 14.3 Å². The summed E-state index contributed by atoms with van der Waals surface area (Å²) < 4.78 is 7.21. The van der Waals surface area contributed by atoms with Crippen LogP contribution in [0.5, 0.6) is 5.75 Å². The largest absolute Gasteiger partial charge is 0.497 e. The number of carbonyl (C=O) groups excluding carboxylic acids is 2. The molecule has 0 unspecified atom stereocenters. The summed E-state index contributed by atoms with van der Waals surface area (Å²) in [5, 5.41) is 0. The van der Waals surface area contributed by atoms with Crippen LogP contribution in [-0.2, 0) is 22.4 Å². The maximum absolute atomic E-state index is 12.2. The molecule has 0 atom stereocenters. The number of Topliss-reactive ketones (excluding diaryl/α,β-unsaturated/α-hetero) is 1. The highest BCUT2D eigenvalue weighted by atomic mass is 16.5. The molecule has 3 rings (SSSR count). The molecule has 5 nitrogen and oxygen atoms in total. The summed E-state index contributed by atoms with van der Waals surface area (Å²) in [4.78, 5) is 23.3. The minimum atomic E-state index is -0.215. The Kier molecular flexibility index (Phi) is 4.69. The van der Waals surface area contributed by atoms with Gasteiger partial charge in [0.05, 0.1) is 7.11 Å². The van der Waals surface area contributed by atoms with Crippen LogP contribution in [0.2, 0.25) is 0 Å². The van der Waals surface area contributed by atoms with Crippen molar-refractivity contribution in [3.8, 4) is 5.75 Å². The van der Waals surface area contributed by atoms with Crippen molar-refractivity contribution in [3.63, 3.8) is 0 Å². The highest BCUT2D eigenvalue weighted by Gasteiger charge is 2.33. The molecular weight excluding hydrogens is 304 g/mol. The topological polar surface area (TPSA) is 74.3 Å². The zero-order valence-electron chi connectivity index (χ0n) is 13.8. The van der Waals surface area contributed by atoms with Crippen LogP contribution < -0.4 is 10.5 Å². The molecular formula is C19H22N2O3. The Hall–Kier alpha value is -2.56. The summed E-state index contributed by atoms with van der Waals surface area (Å²) in [7, 11) is 1.62. The summed E-state index contributed by atoms with van der Waals surface area (Å²) in [5.74, 6) is 0.755. The third-order valence-electron chi connectivity index (χ3n) is 4.67. The third-order valence-corrected chi connectivity index (χ3v) is 4.67. The monoisotopic (exact) mass is 326 g/mol. The van der Waals surface area contributed by atoms with Crippen molar-refractivity contribution in [1.82, 2.24) is 4.57 Å². The van der Waals surface area contributed by atoms with Crippen LogP contribution in [-0.4, -0.2) is 23.4 Å². The molecule has 2 N–H and O–H groups in total.